The van der Waals surface area contributed by atoms with Gasteiger partial charge in [-0.05, 0) is 24.3 Å². The fraction of sp³-hybridized carbons (Fsp3) is 0. The SMILES string of the molecule is Nc1cccc(-n2cc(-c3ncc[nH]3)ccc2=O)c1. The summed E-state index contributed by atoms with van der Waals surface area (Å²) in [6, 6.07) is 10.4. The summed E-state index contributed by atoms with van der Waals surface area (Å²) in [5, 5.41) is 0. The van der Waals surface area contributed by atoms with Crippen LogP contribution in [0.3, 0.4) is 0 Å². The molecule has 0 aliphatic carbocycles. The minimum atomic E-state index is -0.110. The lowest BCUT2D eigenvalue weighted by atomic mass is 10.2. The molecule has 0 bridgehead atoms. The summed E-state index contributed by atoms with van der Waals surface area (Å²) in [6.45, 7) is 0. The highest BCUT2D eigenvalue weighted by atomic mass is 16.1. The molecule has 5 nitrogen and oxygen atoms in total. The van der Waals surface area contributed by atoms with Crippen LogP contribution in [0.25, 0.3) is 17.1 Å². The molecule has 94 valence electrons. The van der Waals surface area contributed by atoms with Crippen molar-refractivity contribution in [3.63, 3.8) is 0 Å². The second-order valence-electron chi connectivity index (χ2n) is 4.16. The second-order valence-corrected chi connectivity index (χ2v) is 4.16. The van der Waals surface area contributed by atoms with Crippen molar-refractivity contribution in [1.82, 2.24) is 14.5 Å². The van der Waals surface area contributed by atoms with Crippen molar-refractivity contribution < 1.29 is 0 Å². The van der Waals surface area contributed by atoms with E-state index in [-0.39, 0.29) is 5.56 Å². The van der Waals surface area contributed by atoms with Crippen molar-refractivity contribution >= 4 is 5.69 Å². The highest BCUT2D eigenvalue weighted by Gasteiger charge is 2.05. The van der Waals surface area contributed by atoms with Crippen LogP contribution in [0.2, 0.25) is 0 Å². The van der Waals surface area contributed by atoms with Crippen molar-refractivity contribution in [2.24, 2.45) is 0 Å². The number of rotatable bonds is 2. The van der Waals surface area contributed by atoms with Gasteiger partial charge in [-0.2, -0.15) is 0 Å². The van der Waals surface area contributed by atoms with Crippen molar-refractivity contribution in [2.75, 3.05) is 5.73 Å². The van der Waals surface area contributed by atoms with E-state index >= 15 is 0 Å². The van der Waals surface area contributed by atoms with Gasteiger partial charge in [0.05, 0.1) is 5.69 Å². The predicted octanol–water partition coefficient (Wildman–Crippen LogP) is 1.81. The number of anilines is 1. The number of nitrogens with one attached hydrogen (secondary N) is 1. The van der Waals surface area contributed by atoms with Crippen molar-refractivity contribution in [3.05, 3.63) is 65.3 Å². The molecule has 3 N–H and O–H groups in total. The van der Waals surface area contributed by atoms with Gasteiger partial charge in [0.2, 0.25) is 0 Å². The molecule has 2 heterocycles. The van der Waals surface area contributed by atoms with Crippen LogP contribution in [0.5, 0.6) is 0 Å². The van der Waals surface area contributed by atoms with Crippen LogP contribution in [0, 0.1) is 0 Å². The molecule has 0 spiro atoms. The number of benzene rings is 1. The van der Waals surface area contributed by atoms with Gasteiger partial charge < -0.3 is 10.7 Å². The van der Waals surface area contributed by atoms with Crippen molar-refractivity contribution in [3.8, 4) is 17.1 Å². The van der Waals surface area contributed by atoms with E-state index in [4.69, 9.17) is 5.73 Å². The molecule has 0 radical (unpaired) electrons. The lowest BCUT2D eigenvalue weighted by Crippen LogP contribution is -2.16. The molecule has 19 heavy (non-hydrogen) atoms. The molecule has 0 aliphatic heterocycles. The molecule has 0 fully saturated rings. The topological polar surface area (TPSA) is 76.7 Å². The first-order valence-electron chi connectivity index (χ1n) is 5.82. The number of hydrogen-bond acceptors (Lipinski definition) is 3. The fourth-order valence-electron chi connectivity index (χ4n) is 1.93. The maximum Gasteiger partial charge on any atom is 0.255 e. The number of H-pyrrole nitrogens is 1. The van der Waals surface area contributed by atoms with Gasteiger partial charge in [0.1, 0.15) is 5.82 Å². The van der Waals surface area contributed by atoms with Gasteiger partial charge in [0.15, 0.2) is 0 Å². The molecular weight excluding hydrogens is 240 g/mol. The van der Waals surface area contributed by atoms with Crippen LogP contribution in [-0.2, 0) is 0 Å². The molecule has 1 aromatic carbocycles. The van der Waals surface area contributed by atoms with Crippen LogP contribution < -0.4 is 11.3 Å². The van der Waals surface area contributed by atoms with Crippen LogP contribution >= 0.6 is 0 Å². The minimum Gasteiger partial charge on any atom is -0.399 e. The zero-order valence-corrected chi connectivity index (χ0v) is 10.1. The Morgan fingerprint density at radius 3 is 2.84 bits per heavy atom. The highest BCUT2D eigenvalue weighted by molar-refractivity contribution is 5.55. The average Bonchev–Trinajstić information content (AvgIpc) is 2.93. The standard InChI is InChI=1S/C14H12N4O/c15-11-2-1-3-12(8-11)18-9-10(4-5-13(18)19)14-16-6-7-17-14/h1-9H,15H2,(H,16,17). The summed E-state index contributed by atoms with van der Waals surface area (Å²) in [5.74, 6) is 0.720. The van der Waals surface area contributed by atoms with Crippen LogP contribution in [0.4, 0.5) is 5.69 Å². The first kappa shape index (κ1) is 11.3. The van der Waals surface area contributed by atoms with Crippen molar-refractivity contribution in [1.29, 1.82) is 0 Å². The van der Waals surface area contributed by atoms with Gasteiger partial charge in [-0.3, -0.25) is 9.36 Å². The summed E-state index contributed by atoms with van der Waals surface area (Å²) in [7, 11) is 0. The molecule has 0 amide bonds. The summed E-state index contributed by atoms with van der Waals surface area (Å²) in [4.78, 5) is 19.1. The fourth-order valence-corrected chi connectivity index (χ4v) is 1.93. The van der Waals surface area contributed by atoms with E-state index in [0.29, 0.717) is 5.69 Å². The number of pyridine rings is 1. The van der Waals surface area contributed by atoms with Gasteiger partial charge >= 0.3 is 0 Å². The quantitative estimate of drug-likeness (QED) is 0.683. The number of nitrogens with two attached hydrogens (primary N) is 1. The molecule has 3 rings (SSSR count). The van der Waals surface area contributed by atoms with E-state index < -0.39 is 0 Å². The highest BCUT2D eigenvalue weighted by Crippen LogP contribution is 2.15. The monoisotopic (exact) mass is 252 g/mol. The molecule has 3 aromatic rings. The van der Waals surface area contributed by atoms with Crippen LogP contribution in [-0.4, -0.2) is 14.5 Å². The molecular formula is C14H12N4O. The molecule has 0 atom stereocenters. The summed E-state index contributed by atoms with van der Waals surface area (Å²) in [6.07, 6.45) is 5.16. The smallest absolute Gasteiger partial charge is 0.255 e. The van der Waals surface area contributed by atoms with Crippen molar-refractivity contribution in [2.45, 2.75) is 0 Å². The number of aromatic amines is 1. The van der Waals surface area contributed by atoms with Gasteiger partial charge in [-0.15, -0.1) is 0 Å². The lowest BCUT2D eigenvalue weighted by molar-refractivity contribution is 0.990. The summed E-state index contributed by atoms with van der Waals surface area (Å²) in [5.41, 5.74) is 7.83. The van der Waals surface area contributed by atoms with Crippen LogP contribution in [0.15, 0.2) is 59.8 Å². The first-order chi connectivity index (χ1) is 9.24. The normalized spacial score (nSPS) is 10.5. The van der Waals surface area contributed by atoms with Gasteiger partial charge in [0.25, 0.3) is 5.56 Å². The van der Waals surface area contributed by atoms with Gasteiger partial charge in [-0.25, -0.2) is 4.98 Å². The molecule has 2 aromatic heterocycles. The van der Waals surface area contributed by atoms with E-state index in [1.54, 1.807) is 41.4 Å². The Hall–Kier alpha value is -2.82. The maximum atomic E-state index is 11.9. The molecule has 0 aliphatic rings. The zero-order chi connectivity index (χ0) is 13.2. The van der Waals surface area contributed by atoms with E-state index in [1.165, 1.54) is 6.07 Å². The number of imidazole rings is 1. The average molecular weight is 252 g/mol. The Morgan fingerprint density at radius 1 is 1.21 bits per heavy atom. The predicted molar refractivity (Wildman–Crippen MR) is 74.0 cm³/mol. The molecule has 0 unspecified atom stereocenters. The Morgan fingerprint density at radius 2 is 2.11 bits per heavy atom. The second kappa shape index (κ2) is 4.45. The van der Waals surface area contributed by atoms with Gasteiger partial charge in [0, 0.05) is 35.9 Å². The number of nitrogen functional groups attached to an aromatic ring is 1. The Bertz CT molecular complexity index is 759. The first-order valence-corrected chi connectivity index (χ1v) is 5.82. The zero-order valence-electron chi connectivity index (χ0n) is 10.1. The molecule has 0 saturated carbocycles. The molecule has 5 heteroatoms. The van der Waals surface area contributed by atoms with E-state index in [0.717, 1.165) is 17.1 Å². The Kier molecular flexibility index (Phi) is 2.64. The third-order valence-electron chi connectivity index (χ3n) is 2.83. The van der Waals surface area contributed by atoms with Gasteiger partial charge in [-0.1, -0.05) is 6.07 Å². The Labute approximate surface area is 109 Å². The minimum absolute atomic E-state index is 0.110. The number of hydrogen-bond donors (Lipinski definition) is 2. The van der Waals surface area contributed by atoms with Crippen LogP contribution in [0.1, 0.15) is 0 Å². The molecule has 0 saturated heterocycles. The van der Waals surface area contributed by atoms with E-state index in [2.05, 4.69) is 9.97 Å². The van der Waals surface area contributed by atoms with E-state index in [1.807, 2.05) is 12.1 Å². The third-order valence-corrected chi connectivity index (χ3v) is 2.83. The number of nitrogens with zero attached hydrogens (tertiary/aromatic N) is 2. The number of aromatic nitrogens is 3. The summed E-state index contributed by atoms with van der Waals surface area (Å²) < 4.78 is 1.55. The lowest BCUT2D eigenvalue weighted by Gasteiger charge is -2.07. The van der Waals surface area contributed by atoms with E-state index in [9.17, 15) is 4.79 Å². The summed E-state index contributed by atoms with van der Waals surface area (Å²) >= 11 is 0. The Balaban J connectivity index is 2.16. The maximum absolute atomic E-state index is 11.9. The largest absolute Gasteiger partial charge is 0.399 e. The third kappa shape index (κ3) is 2.13.